The molecule has 0 aliphatic rings. The Morgan fingerprint density at radius 2 is 1.79 bits per heavy atom. The minimum absolute atomic E-state index is 0.0528. The topological polar surface area (TPSA) is 110 Å². The Morgan fingerprint density at radius 3 is 2.45 bits per heavy atom. The quantitative estimate of drug-likeness (QED) is 0.594. The van der Waals surface area contributed by atoms with Crippen molar-refractivity contribution in [3.63, 3.8) is 0 Å². The van der Waals surface area contributed by atoms with Crippen LogP contribution in [0.15, 0.2) is 47.4 Å². The Kier molecular flexibility index (Phi) is 6.26. The molecule has 3 rings (SSSR count). The molecule has 10 heteroatoms. The molecular weight excluding hydrogens is 412 g/mol. The highest BCUT2D eigenvalue weighted by Gasteiger charge is 2.17. The predicted molar refractivity (Wildman–Crippen MR) is 111 cm³/mol. The SMILES string of the molecule is COc1ccc(NC(=O)c2nnc(CNS(=O)(=O)c3ccc(C)c(C)c3)s2)cc1. The van der Waals surface area contributed by atoms with Crippen molar-refractivity contribution in [3.8, 4) is 5.75 Å². The number of sulfonamides is 1. The molecule has 1 amide bonds. The average Bonchev–Trinajstić information content (AvgIpc) is 3.18. The summed E-state index contributed by atoms with van der Waals surface area (Å²) in [5.74, 6) is 0.258. The smallest absolute Gasteiger partial charge is 0.286 e. The van der Waals surface area contributed by atoms with Crippen LogP contribution < -0.4 is 14.8 Å². The maximum absolute atomic E-state index is 12.5. The lowest BCUT2D eigenvalue weighted by Crippen LogP contribution is -2.23. The van der Waals surface area contributed by atoms with E-state index in [0.717, 1.165) is 22.5 Å². The molecule has 8 nitrogen and oxygen atoms in total. The van der Waals surface area contributed by atoms with Crippen molar-refractivity contribution in [3.05, 3.63) is 63.6 Å². The Balaban J connectivity index is 1.63. The molecule has 0 radical (unpaired) electrons. The maximum Gasteiger partial charge on any atom is 0.286 e. The van der Waals surface area contributed by atoms with Gasteiger partial charge in [0, 0.05) is 5.69 Å². The molecule has 2 aromatic carbocycles. The number of methoxy groups -OCH3 is 1. The lowest BCUT2D eigenvalue weighted by molar-refractivity contribution is 0.102. The third-order valence-electron chi connectivity index (χ3n) is 4.21. The number of nitrogens with one attached hydrogen (secondary N) is 2. The van der Waals surface area contributed by atoms with Gasteiger partial charge in [0.25, 0.3) is 5.91 Å². The van der Waals surface area contributed by atoms with Crippen molar-refractivity contribution < 1.29 is 17.9 Å². The van der Waals surface area contributed by atoms with Crippen molar-refractivity contribution in [2.75, 3.05) is 12.4 Å². The number of aromatic nitrogens is 2. The van der Waals surface area contributed by atoms with Crippen molar-refractivity contribution in [1.82, 2.24) is 14.9 Å². The molecule has 2 N–H and O–H groups in total. The van der Waals surface area contributed by atoms with Crippen LogP contribution >= 0.6 is 11.3 Å². The highest BCUT2D eigenvalue weighted by molar-refractivity contribution is 7.89. The van der Waals surface area contributed by atoms with Crippen LogP contribution in [-0.2, 0) is 16.6 Å². The molecule has 1 heterocycles. The summed E-state index contributed by atoms with van der Waals surface area (Å²) >= 11 is 1.02. The second-order valence-corrected chi connectivity index (χ2v) is 9.08. The fraction of sp³-hybridized carbons (Fsp3) is 0.211. The van der Waals surface area contributed by atoms with Crippen molar-refractivity contribution in [2.45, 2.75) is 25.3 Å². The van der Waals surface area contributed by atoms with Gasteiger partial charge in [-0.15, -0.1) is 10.2 Å². The van der Waals surface area contributed by atoms with Gasteiger partial charge in [-0.2, -0.15) is 0 Å². The van der Waals surface area contributed by atoms with E-state index in [9.17, 15) is 13.2 Å². The zero-order valence-corrected chi connectivity index (χ0v) is 17.7. The molecule has 0 saturated carbocycles. The largest absolute Gasteiger partial charge is 0.497 e. The molecule has 1 aromatic heterocycles. The number of aryl methyl sites for hydroxylation is 2. The summed E-state index contributed by atoms with van der Waals surface area (Å²) in [6.07, 6.45) is 0. The van der Waals surface area contributed by atoms with E-state index in [1.165, 1.54) is 0 Å². The molecule has 3 aromatic rings. The standard InChI is InChI=1S/C19H20N4O4S2/c1-12-4-9-16(10-13(12)2)29(25,26)20-11-17-22-23-19(28-17)18(24)21-14-5-7-15(27-3)8-6-14/h4-10,20H,11H2,1-3H3,(H,21,24). The Hall–Kier alpha value is -2.82. The van der Waals surface area contributed by atoms with Crippen LogP contribution in [0.4, 0.5) is 5.69 Å². The van der Waals surface area contributed by atoms with Gasteiger partial charge in [-0.05, 0) is 61.4 Å². The molecule has 0 unspecified atom stereocenters. The second kappa shape index (κ2) is 8.68. The number of carbonyl (C=O) groups excluding carboxylic acids is 1. The Labute approximate surface area is 173 Å². The van der Waals surface area contributed by atoms with Crippen LogP contribution in [0.5, 0.6) is 5.75 Å². The predicted octanol–water partition coefficient (Wildman–Crippen LogP) is 2.89. The number of hydrogen-bond acceptors (Lipinski definition) is 7. The number of anilines is 1. The van der Waals surface area contributed by atoms with Gasteiger partial charge in [-0.3, -0.25) is 4.79 Å². The monoisotopic (exact) mass is 432 g/mol. The van der Waals surface area contributed by atoms with Crippen LogP contribution in [0, 0.1) is 13.8 Å². The molecule has 29 heavy (non-hydrogen) atoms. The highest BCUT2D eigenvalue weighted by Crippen LogP contribution is 2.18. The Morgan fingerprint density at radius 1 is 1.07 bits per heavy atom. The van der Waals surface area contributed by atoms with Gasteiger partial charge in [-0.25, -0.2) is 13.1 Å². The first-order chi connectivity index (χ1) is 13.8. The first-order valence-corrected chi connectivity index (χ1v) is 10.9. The lowest BCUT2D eigenvalue weighted by Gasteiger charge is -2.07. The van der Waals surface area contributed by atoms with E-state index in [2.05, 4.69) is 20.2 Å². The fourth-order valence-electron chi connectivity index (χ4n) is 2.40. The number of ether oxygens (including phenoxy) is 1. The first kappa shape index (κ1) is 20.9. The molecule has 152 valence electrons. The lowest BCUT2D eigenvalue weighted by atomic mass is 10.1. The van der Waals surface area contributed by atoms with Gasteiger partial charge >= 0.3 is 0 Å². The van der Waals surface area contributed by atoms with Crippen LogP contribution in [0.1, 0.15) is 25.9 Å². The highest BCUT2D eigenvalue weighted by atomic mass is 32.2. The van der Waals surface area contributed by atoms with E-state index in [1.54, 1.807) is 49.6 Å². The number of amides is 1. The Bertz CT molecular complexity index is 1130. The maximum atomic E-state index is 12.5. The first-order valence-electron chi connectivity index (χ1n) is 8.63. The van der Waals surface area contributed by atoms with Gasteiger partial charge < -0.3 is 10.1 Å². The van der Waals surface area contributed by atoms with Crippen LogP contribution in [0.25, 0.3) is 0 Å². The molecule has 0 saturated heterocycles. The van der Waals surface area contributed by atoms with Gasteiger partial charge in [0.05, 0.1) is 18.6 Å². The van der Waals surface area contributed by atoms with Crippen LogP contribution in [0.3, 0.4) is 0 Å². The number of carbonyl (C=O) groups is 1. The van der Waals surface area contributed by atoms with Gasteiger partial charge in [0.15, 0.2) is 0 Å². The van der Waals surface area contributed by atoms with E-state index >= 15 is 0 Å². The van der Waals surface area contributed by atoms with E-state index in [4.69, 9.17) is 4.74 Å². The van der Waals surface area contributed by atoms with Crippen molar-refractivity contribution in [1.29, 1.82) is 0 Å². The summed E-state index contributed by atoms with van der Waals surface area (Å²) in [6, 6.07) is 11.8. The molecule has 0 bridgehead atoms. The minimum atomic E-state index is -3.69. The summed E-state index contributed by atoms with van der Waals surface area (Å²) < 4.78 is 32.5. The van der Waals surface area contributed by atoms with E-state index in [0.29, 0.717) is 16.4 Å². The van der Waals surface area contributed by atoms with Crippen molar-refractivity contribution in [2.24, 2.45) is 0 Å². The third kappa shape index (κ3) is 5.17. The summed E-state index contributed by atoms with van der Waals surface area (Å²) in [7, 11) is -2.13. The summed E-state index contributed by atoms with van der Waals surface area (Å²) in [5.41, 5.74) is 2.49. The number of hydrogen-bond donors (Lipinski definition) is 2. The summed E-state index contributed by atoms with van der Waals surface area (Å²) in [5, 5.41) is 11.0. The van der Waals surface area contributed by atoms with Crippen LogP contribution in [-0.4, -0.2) is 31.6 Å². The number of benzene rings is 2. The van der Waals surface area contributed by atoms with E-state index in [1.807, 2.05) is 13.8 Å². The number of nitrogens with zero attached hydrogens (tertiary/aromatic N) is 2. The molecule has 0 spiro atoms. The van der Waals surface area contributed by atoms with E-state index in [-0.39, 0.29) is 16.4 Å². The summed E-state index contributed by atoms with van der Waals surface area (Å²) in [6.45, 7) is 3.72. The zero-order valence-electron chi connectivity index (χ0n) is 16.1. The zero-order chi connectivity index (χ0) is 21.0. The van der Waals surface area contributed by atoms with Gasteiger partial charge in [-0.1, -0.05) is 17.4 Å². The van der Waals surface area contributed by atoms with Gasteiger partial charge in [0.1, 0.15) is 10.8 Å². The molecule has 0 aliphatic carbocycles. The fourth-order valence-corrected chi connectivity index (χ4v) is 4.24. The van der Waals surface area contributed by atoms with E-state index < -0.39 is 15.9 Å². The van der Waals surface area contributed by atoms with Crippen LogP contribution in [0.2, 0.25) is 0 Å². The molecule has 0 atom stereocenters. The third-order valence-corrected chi connectivity index (χ3v) is 6.53. The molecule has 0 fully saturated rings. The van der Waals surface area contributed by atoms with Gasteiger partial charge in [0.2, 0.25) is 15.0 Å². The second-order valence-electron chi connectivity index (χ2n) is 6.25. The number of rotatable bonds is 7. The van der Waals surface area contributed by atoms with Crippen molar-refractivity contribution >= 4 is 33.0 Å². The average molecular weight is 433 g/mol. The molecular formula is C19H20N4O4S2. The normalized spacial score (nSPS) is 11.3. The summed E-state index contributed by atoms with van der Waals surface area (Å²) in [4.78, 5) is 12.5. The molecule has 0 aliphatic heterocycles. The minimum Gasteiger partial charge on any atom is -0.497 e.